The molecule has 0 aliphatic heterocycles. The lowest BCUT2D eigenvalue weighted by Crippen LogP contribution is -2.31. The van der Waals surface area contributed by atoms with Gasteiger partial charge in [-0.3, -0.25) is 0 Å². The summed E-state index contributed by atoms with van der Waals surface area (Å²) in [4.78, 5) is 0. The van der Waals surface area contributed by atoms with Crippen molar-refractivity contribution in [3.8, 4) is 5.75 Å². The summed E-state index contributed by atoms with van der Waals surface area (Å²) in [6.07, 6.45) is -3.92. The maximum Gasteiger partial charge on any atom is 0.573 e. The van der Waals surface area contributed by atoms with Gasteiger partial charge in [0.1, 0.15) is 5.75 Å². The molecule has 0 bridgehead atoms. The van der Waals surface area contributed by atoms with Crippen LogP contribution in [-0.4, -0.2) is 41.9 Å². The van der Waals surface area contributed by atoms with Crippen LogP contribution < -0.4 is 16.2 Å². The molecule has 2 unspecified atom stereocenters. The van der Waals surface area contributed by atoms with E-state index in [0.717, 1.165) is 5.56 Å². The number of ether oxygens (including phenoxy) is 1. The highest BCUT2D eigenvalue weighted by atomic mass is 35.5. The first kappa shape index (κ1) is 25.5. The van der Waals surface area contributed by atoms with Crippen LogP contribution in [-0.2, 0) is 0 Å². The van der Waals surface area contributed by atoms with E-state index >= 15 is 0 Å². The minimum absolute atomic E-state index is 0. The third kappa shape index (κ3) is 9.51. The number of rotatable bonds is 8. The Morgan fingerprint density at radius 3 is 1.67 bits per heavy atom. The van der Waals surface area contributed by atoms with Crippen LogP contribution in [0.15, 0.2) is 24.3 Å². The van der Waals surface area contributed by atoms with Gasteiger partial charge >= 0.3 is 6.36 Å². The SMILES string of the molecule is Cl.Cl.NC(CO)CC(CC(N)CO)c1ccc(OC(F)(F)F)cc1. The average Bonchev–Trinajstić information content (AvgIpc) is 2.45. The maximum absolute atomic E-state index is 12.1. The molecule has 0 amide bonds. The van der Waals surface area contributed by atoms with E-state index in [1.165, 1.54) is 24.3 Å². The molecule has 0 aliphatic rings. The van der Waals surface area contributed by atoms with E-state index in [4.69, 9.17) is 21.7 Å². The maximum atomic E-state index is 12.1. The van der Waals surface area contributed by atoms with Crippen LogP contribution in [0.5, 0.6) is 5.75 Å². The topological polar surface area (TPSA) is 102 Å². The Labute approximate surface area is 151 Å². The number of aliphatic hydroxyl groups excluding tert-OH is 2. The third-order valence-corrected chi connectivity index (χ3v) is 3.23. The Morgan fingerprint density at radius 1 is 0.917 bits per heavy atom. The van der Waals surface area contributed by atoms with Crippen LogP contribution in [0, 0.1) is 0 Å². The molecule has 0 aromatic heterocycles. The fraction of sp³-hybridized carbons (Fsp3) is 0.571. The van der Waals surface area contributed by atoms with Gasteiger partial charge in [-0.2, -0.15) is 0 Å². The van der Waals surface area contributed by atoms with E-state index in [0.29, 0.717) is 12.8 Å². The molecule has 6 N–H and O–H groups in total. The molecule has 0 saturated heterocycles. The quantitative estimate of drug-likeness (QED) is 0.539. The van der Waals surface area contributed by atoms with Gasteiger partial charge in [0.05, 0.1) is 13.2 Å². The molecule has 5 nitrogen and oxygen atoms in total. The van der Waals surface area contributed by atoms with Crippen molar-refractivity contribution in [1.29, 1.82) is 0 Å². The fourth-order valence-corrected chi connectivity index (χ4v) is 2.19. The van der Waals surface area contributed by atoms with Crippen LogP contribution in [0.2, 0.25) is 0 Å². The van der Waals surface area contributed by atoms with Gasteiger partial charge < -0.3 is 26.4 Å². The predicted molar refractivity (Wildman–Crippen MR) is 89.7 cm³/mol. The highest BCUT2D eigenvalue weighted by molar-refractivity contribution is 5.85. The number of hydrogen-bond donors (Lipinski definition) is 4. The van der Waals surface area contributed by atoms with Crippen LogP contribution in [0.3, 0.4) is 0 Å². The molecular formula is C14H23Cl2F3N2O3. The average molecular weight is 395 g/mol. The highest BCUT2D eigenvalue weighted by Crippen LogP contribution is 2.29. The van der Waals surface area contributed by atoms with Crippen molar-refractivity contribution in [1.82, 2.24) is 0 Å². The Hall–Kier alpha value is -0.770. The zero-order valence-electron chi connectivity index (χ0n) is 12.8. The molecule has 10 heteroatoms. The second-order valence-corrected chi connectivity index (χ2v) is 5.17. The monoisotopic (exact) mass is 394 g/mol. The Bertz CT molecular complexity index is 438. The molecule has 0 heterocycles. The second kappa shape index (κ2) is 11.7. The van der Waals surface area contributed by atoms with E-state index in [2.05, 4.69) is 4.74 Å². The third-order valence-electron chi connectivity index (χ3n) is 3.23. The lowest BCUT2D eigenvalue weighted by Gasteiger charge is -2.23. The normalized spacial score (nSPS) is 14.8. The van der Waals surface area contributed by atoms with E-state index < -0.39 is 18.4 Å². The van der Waals surface area contributed by atoms with Crippen molar-refractivity contribution in [2.24, 2.45) is 11.5 Å². The van der Waals surface area contributed by atoms with Crippen molar-refractivity contribution in [3.05, 3.63) is 29.8 Å². The van der Waals surface area contributed by atoms with Gasteiger partial charge in [-0.1, -0.05) is 12.1 Å². The van der Waals surface area contributed by atoms with E-state index in [1.54, 1.807) is 0 Å². The van der Waals surface area contributed by atoms with Crippen LogP contribution in [0.4, 0.5) is 13.2 Å². The lowest BCUT2D eigenvalue weighted by molar-refractivity contribution is -0.274. The number of nitrogens with two attached hydrogens (primary N) is 2. The summed E-state index contributed by atoms with van der Waals surface area (Å²) >= 11 is 0. The molecule has 2 atom stereocenters. The minimum Gasteiger partial charge on any atom is -0.406 e. The summed E-state index contributed by atoms with van der Waals surface area (Å²) < 4.78 is 40.2. The predicted octanol–water partition coefficient (Wildman–Crippen LogP) is 1.93. The van der Waals surface area contributed by atoms with Gasteiger partial charge in [0.25, 0.3) is 0 Å². The summed E-state index contributed by atoms with van der Waals surface area (Å²) in [5.74, 6) is -0.489. The first-order valence-corrected chi connectivity index (χ1v) is 6.83. The van der Waals surface area contributed by atoms with Gasteiger partial charge in [0.2, 0.25) is 0 Å². The zero-order chi connectivity index (χ0) is 16.8. The molecule has 142 valence electrons. The summed E-state index contributed by atoms with van der Waals surface area (Å²) in [6.45, 7) is -0.416. The first-order valence-electron chi connectivity index (χ1n) is 6.83. The smallest absolute Gasteiger partial charge is 0.406 e. The molecule has 1 aromatic carbocycles. The van der Waals surface area contributed by atoms with Gasteiger partial charge in [0, 0.05) is 12.1 Å². The summed E-state index contributed by atoms with van der Waals surface area (Å²) in [5.41, 5.74) is 12.2. The van der Waals surface area contributed by atoms with Crippen molar-refractivity contribution in [3.63, 3.8) is 0 Å². The number of alkyl halides is 3. The summed E-state index contributed by atoms with van der Waals surface area (Å²) in [7, 11) is 0. The number of aliphatic hydroxyl groups is 2. The van der Waals surface area contributed by atoms with E-state index in [1.807, 2.05) is 0 Å². The largest absolute Gasteiger partial charge is 0.573 e. The second-order valence-electron chi connectivity index (χ2n) is 5.17. The summed E-state index contributed by atoms with van der Waals surface area (Å²) in [6, 6.07) is 4.49. The van der Waals surface area contributed by atoms with Crippen LogP contribution in [0.25, 0.3) is 0 Å². The van der Waals surface area contributed by atoms with Crippen molar-refractivity contribution >= 4 is 24.8 Å². The molecule has 0 radical (unpaired) electrons. The van der Waals surface area contributed by atoms with Crippen LogP contribution >= 0.6 is 24.8 Å². The molecule has 24 heavy (non-hydrogen) atoms. The molecule has 0 fully saturated rings. The number of halogens is 5. The summed E-state index contributed by atoms with van der Waals surface area (Å²) in [5, 5.41) is 18.1. The first-order chi connectivity index (χ1) is 10.2. The van der Waals surface area contributed by atoms with Gasteiger partial charge in [-0.15, -0.1) is 38.0 Å². The Kier molecular flexibility index (Phi) is 12.4. The fourth-order valence-electron chi connectivity index (χ4n) is 2.19. The van der Waals surface area contributed by atoms with Gasteiger partial charge in [-0.05, 0) is 36.5 Å². The molecular weight excluding hydrogens is 372 g/mol. The Balaban J connectivity index is 0. The van der Waals surface area contributed by atoms with Gasteiger partial charge in [0.15, 0.2) is 0 Å². The lowest BCUT2D eigenvalue weighted by atomic mass is 9.87. The highest BCUT2D eigenvalue weighted by Gasteiger charge is 2.31. The number of hydrogen-bond acceptors (Lipinski definition) is 5. The van der Waals surface area contributed by atoms with Crippen molar-refractivity contribution in [2.75, 3.05) is 13.2 Å². The zero-order valence-corrected chi connectivity index (χ0v) is 14.4. The standard InChI is InChI=1S/C14H21F3N2O3.2ClH/c15-14(16,17)22-13-3-1-9(2-4-13)10(5-11(18)7-20)6-12(19)8-21;;/h1-4,10-12,20-21H,5-8,18-19H2;2*1H. The minimum atomic E-state index is -4.74. The van der Waals surface area contributed by atoms with Crippen LogP contribution in [0.1, 0.15) is 24.3 Å². The number of benzene rings is 1. The van der Waals surface area contributed by atoms with Gasteiger partial charge in [-0.25, -0.2) is 0 Å². The molecule has 0 aliphatic carbocycles. The van der Waals surface area contributed by atoms with E-state index in [9.17, 15) is 13.2 Å². The van der Waals surface area contributed by atoms with Crippen molar-refractivity contribution in [2.45, 2.75) is 37.2 Å². The molecule has 0 spiro atoms. The Morgan fingerprint density at radius 2 is 1.33 bits per heavy atom. The molecule has 1 rings (SSSR count). The van der Waals surface area contributed by atoms with E-state index in [-0.39, 0.29) is 49.7 Å². The van der Waals surface area contributed by atoms with Crippen molar-refractivity contribution < 1.29 is 28.1 Å². The molecule has 0 saturated carbocycles. The molecule has 1 aromatic rings.